The summed E-state index contributed by atoms with van der Waals surface area (Å²) in [6.07, 6.45) is 4.00. The molecule has 2 saturated heterocycles. The van der Waals surface area contributed by atoms with E-state index >= 15 is 0 Å². The van der Waals surface area contributed by atoms with Gasteiger partial charge in [-0.2, -0.15) is 0 Å². The van der Waals surface area contributed by atoms with Gasteiger partial charge in [0.25, 0.3) is 0 Å². The largest absolute Gasteiger partial charge is 0.462 e. The van der Waals surface area contributed by atoms with Crippen LogP contribution in [0.2, 0.25) is 5.02 Å². The van der Waals surface area contributed by atoms with E-state index in [0.717, 1.165) is 62.6 Å². The minimum absolute atomic E-state index is 0.0362. The van der Waals surface area contributed by atoms with Crippen molar-refractivity contribution in [3.05, 3.63) is 29.3 Å². The molecule has 182 valence electrons. The number of carbonyl (C=O) groups is 1. The summed E-state index contributed by atoms with van der Waals surface area (Å²) in [5, 5.41) is 12.8. The number of nitrogens with zero attached hydrogens (tertiary/aromatic N) is 2. The first-order valence-electron chi connectivity index (χ1n) is 12.4. The molecule has 6 unspecified atom stereocenters. The standard InChI is InChI=1S/C26H37ClN2O4/c1-24-8-5-9-25(2,32-3)26(24,31)15-20-21(23(30)33-22(20)16-24)17-28-10-12-29(13-11-28)19-7-4-6-18(27)14-19/h4,6-7,14,20-22,31H,5,8-13,15-17H2,1-3H3. The van der Waals surface area contributed by atoms with E-state index in [9.17, 15) is 9.90 Å². The van der Waals surface area contributed by atoms with Crippen LogP contribution in [0.25, 0.3) is 0 Å². The van der Waals surface area contributed by atoms with Gasteiger partial charge in [0, 0.05) is 61.9 Å². The molecule has 0 aromatic heterocycles. The highest BCUT2D eigenvalue weighted by Crippen LogP contribution is 2.61. The van der Waals surface area contributed by atoms with Crippen molar-refractivity contribution in [3.8, 4) is 0 Å². The topological polar surface area (TPSA) is 62.2 Å². The van der Waals surface area contributed by atoms with Crippen LogP contribution in [-0.4, -0.2) is 73.1 Å². The Labute approximate surface area is 202 Å². The van der Waals surface area contributed by atoms with Crippen molar-refractivity contribution < 1.29 is 19.4 Å². The van der Waals surface area contributed by atoms with Gasteiger partial charge in [0.2, 0.25) is 0 Å². The average Bonchev–Trinajstić information content (AvgIpc) is 3.07. The molecule has 2 saturated carbocycles. The first-order valence-corrected chi connectivity index (χ1v) is 12.8. The summed E-state index contributed by atoms with van der Waals surface area (Å²) < 4.78 is 11.9. The molecule has 0 bridgehead atoms. The molecular formula is C26H37ClN2O4. The van der Waals surface area contributed by atoms with Gasteiger partial charge < -0.3 is 19.5 Å². The first kappa shape index (κ1) is 23.4. The monoisotopic (exact) mass is 476 g/mol. The van der Waals surface area contributed by atoms with Crippen molar-refractivity contribution in [3.63, 3.8) is 0 Å². The number of methoxy groups -OCH3 is 1. The number of piperazine rings is 1. The van der Waals surface area contributed by atoms with Crippen LogP contribution in [0.15, 0.2) is 24.3 Å². The van der Waals surface area contributed by atoms with Crippen molar-refractivity contribution in [1.82, 2.24) is 4.90 Å². The summed E-state index contributed by atoms with van der Waals surface area (Å²) in [7, 11) is 1.71. The third kappa shape index (κ3) is 3.78. The minimum Gasteiger partial charge on any atom is -0.462 e. The number of fused-ring (bicyclic) bond motifs is 2. The van der Waals surface area contributed by atoms with Crippen molar-refractivity contribution in [2.75, 3.05) is 44.7 Å². The predicted octanol–water partition coefficient (Wildman–Crippen LogP) is 3.74. The van der Waals surface area contributed by atoms with E-state index in [1.807, 2.05) is 25.1 Å². The molecule has 33 heavy (non-hydrogen) atoms. The zero-order valence-corrected chi connectivity index (χ0v) is 20.8. The van der Waals surface area contributed by atoms with Crippen LogP contribution in [0.1, 0.15) is 46.0 Å². The molecule has 0 radical (unpaired) electrons. The number of halogens is 1. The second-order valence-corrected chi connectivity index (χ2v) is 11.6. The first-order chi connectivity index (χ1) is 15.7. The van der Waals surface area contributed by atoms with Gasteiger partial charge in [-0.25, -0.2) is 0 Å². The minimum atomic E-state index is -0.953. The Morgan fingerprint density at radius 3 is 2.64 bits per heavy atom. The van der Waals surface area contributed by atoms with E-state index < -0.39 is 11.2 Å². The van der Waals surface area contributed by atoms with Gasteiger partial charge in [0.1, 0.15) is 6.10 Å². The number of hydrogen-bond donors (Lipinski definition) is 1. The highest BCUT2D eigenvalue weighted by atomic mass is 35.5. The maximum absolute atomic E-state index is 13.0. The molecule has 5 rings (SSSR count). The highest BCUT2D eigenvalue weighted by Gasteiger charge is 2.67. The van der Waals surface area contributed by atoms with Crippen molar-refractivity contribution in [2.45, 2.75) is 63.3 Å². The predicted molar refractivity (Wildman–Crippen MR) is 129 cm³/mol. The van der Waals surface area contributed by atoms with Gasteiger partial charge in [-0.3, -0.25) is 9.69 Å². The van der Waals surface area contributed by atoms with Crippen LogP contribution < -0.4 is 4.90 Å². The van der Waals surface area contributed by atoms with Gasteiger partial charge in [-0.15, -0.1) is 0 Å². The Hall–Kier alpha value is -1.34. The maximum Gasteiger partial charge on any atom is 0.310 e. The number of anilines is 1. The summed E-state index contributed by atoms with van der Waals surface area (Å²) in [4.78, 5) is 17.7. The molecule has 1 N–H and O–H groups in total. The summed E-state index contributed by atoms with van der Waals surface area (Å²) >= 11 is 6.17. The Kier molecular flexibility index (Phi) is 5.96. The van der Waals surface area contributed by atoms with E-state index in [2.05, 4.69) is 22.8 Å². The smallest absolute Gasteiger partial charge is 0.310 e. The fourth-order valence-electron chi connectivity index (χ4n) is 7.23. The Balaban J connectivity index is 1.28. The Bertz CT molecular complexity index is 906. The summed E-state index contributed by atoms with van der Waals surface area (Å²) in [6, 6.07) is 7.98. The van der Waals surface area contributed by atoms with E-state index in [4.69, 9.17) is 21.1 Å². The van der Waals surface area contributed by atoms with E-state index in [1.54, 1.807) is 7.11 Å². The molecule has 0 spiro atoms. The van der Waals surface area contributed by atoms with E-state index in [-0.39, 0.29) is 29.3 Å². The second kappa shape index (κ2) is 8.40. The number of carbonyl (C=O) groups excluding carboxylic acids is 1. The van der Waals surface area contributed by atoms with Gasteiger partial charge in [-0.05, 0) is 57.2 Å². The lowest BCUT2D eigenvalue weighted by Crippen LogP contribution is -2.69. The van der Waals surface area contributed by atoms with Gasteiger partial charge in [0.05, 0.1) is 17.1 Å². The van der Waals surface area contributed by atoms with Crippen LogP contribution in [0.3, 0.4) is 0 Å². The van der Waals surface area contributed by atoms with Crippen LogP contribution in [0, 0.1) is 17.3 Å². The van der Waals surface area contributed by atoms with Crippen LogP contribution in [0.5, 0.6) is 0 Å². The summed E-state index contributed by atoms with van der Waals surface area (Å²) in [5.41, 5.74) is -0.697. The van der Waals surface area contributed by atoms with Crippen LogP contribution in [-0.2, 0) is 14.3 Å². The van der Waals surface area contributed by atoms with Crippen molar-refractivity contribution in [1.29, 1.82) is 0 Å². The maximum atomic E-state index is 13.0. The number of rotatable bonds is 4. The normalized spacial score (nSPS) is 41.4. The average molecular weight is 477 g/mol. The van der Waals surface area contributed by atoms with Gasteiger partial charge in [-0.1, -0.05) is 24.6 Å². The molecule has 2 aliphatic carbocycles. The SMILES string of the molecule is COC1(C)CCCC2(C)CC3OC(=O)C(CN4CCN(c5cccc(Cl)c5)CC4)C3CC21O. The molecule has 2 heterocycles. The van der Waals surface area contributed by atoms with E-state index in [1.165, 1.54) is 0 Å². The number of esters is 1. The molecule has 7 heteroatoms. The number of aliphatic hydroxyl groups is 1. The third-order valence-electron chi connectivity index (χ3n) is 9.45. The number of hydrogen-bond acceptors (Lipinski definition) is 6. The zero-order chi connectivity index (χ0) is 23.4. The molecule has 6 atom stereocenters. The van der Waals surface area contributed by atoms with Crippen molar-refractivity contribution >= 4 is 23.3 Å². The highest BCUT2D eigenvalue weighted by molar-refractivity contribution is 6.30. The van der Waals surface area contributed by atoms with Gasteiger partial charge >= 0.3 is 5.97 Å². The molecule has 0 amide bonds. The van der Waals surface area contributed by atoms with Crippen LogP contribution >= 0.6 is 11.6 Å². The molecule has 2 aliphatic heterocycles. The molecule has 4 fully saturated rings. The quantitative estimate of drug-likeness (QED) is 0.668. The van der Waals surface area contributed by atoms with Crippen molar-refractivity contribution in [2.24, 2.45) is 17.3 Å². The fourth-order valence-corrected chi connectivity index (χ4v) is 7.42. The lowest BCUT2D eigenvalue weighted by atomic mass is 9.49. The number of benzene rings is 1. The summed E-state index contributed by atoms with van der Waals surface area (Å²) in [5.74, 6) is -0.245. The molecular weight excluding hydrogens is 440 g/mol. The molecule has 1 aromatic carbocycles. The molecule has 4 aliphatic rings. The Morgan fingerprint density at radius 1 is 1.18 bits per heavy atom. The van der Waals surface area contributed by atoms with Gasteiger partial charge in [0.15, 0.2) is 0 Å². The zero-order valence-electron chi connectivity index (χ0n) is 20.1. The fraction of sp³-hybridized carbons (Fsp3) is 0.731. The van der Waals surface area contributed by atoms with Crippen LogP contribution in [0.4, 0.5) is 5.69 Å². The lowest BCUT2D eigenvalue weighted by molar-refractivity contribution is -0.270. The summed E-state index contributed by atoms with van der Waals surface area (Å²) in [6.45, 7) is 8.50. The van der Waals surface area contributed by atoms with E-state index in [0.29, 0.717) is 13.0 Å². The number of ether oxygens (including phenoxy) is 2. The Morgan fingerprint density at radius 2 is 1.94 bits per heavy atom. The molecule has 6 nitrogen and oxygen atoms in total. The third-order valence-corrected chi connectivity index (χ3v) is 9.69. The molecule has 1 aromatic rings. The lowest BCUT2D eigenvalue weighted by Gasteiger charge is -2.62. The second-order valence-electron chi connectivity index (χ2n) is 11.1.